The molecule has 0 atom stereocenters. The Kier molecular flexibility index (Phi) is 6.26. The molecule has 0 saturated heterocycles. The zero-order valence-corrected chi connectivity index (χ0v) is 15.1. The summed E-state index contributed by atoms with van der Waals surface area (Å²) in [7, 11) is 0. The molecule has 0 bridgehead atoms. The van der Waals surface area contributed by atoms with Gasteiger partial charge in [0.2, 0.25) is 0 Å². The van der Waals surface area contributed by atoms with E-state index in [9.17, 15) is 4.79 Å². The number of furan rings is 1. The summed E-state index contributed by atoms with van der Waals surface area (Å²) in [6.45, 7) is 2.39. The average molecular weight is 348 g/mol. The molecular weight excluding hydrogens is 324 g/mol. The fourth-order valence-electron chi connectivity index (χ4n) is 2.96. The minimum Gasteiger partial charge on any atom is -0.469 e. The summed E-state index contributed by atoms with van der Waals surface area (Å²) < 4.78 is 11.0. The number of carbonyl (C=O) groups is 1. The quantitative estimate of drug-likeness (QED) is 0.531. The minimum atomic E-state index is -0.218. The van der Waals surface area contributed by atoms with Crippen LogP contribution < -0.4 is 0 Å². The molecule has 0 aliphatic heterocycles. The van der Waals surface area contributed by atoms with E-state index in [1.165, 1.54) is 11.1 Å². The van der Waals surface area contributed by atoms with E-state index in [0.29, 0.717) is 6.42 Å². The van der Waals surface area contributed by atoms with Crippen molar-refractivity contribution in [3.8, 4) is 0 Å². The van der Waals surface area contributed by atoms with Crippen molar-refractivity contribution < 1.29 is 13.9 Å². The van der Waals surface area contributed by atoms with Crippen molar-refractivity contribution in [2.45, 2.75) is 39.2 Å². The third-order valence-corrected chi connectivity index (χ3v) is 4.21. The van der Waals surface area contributed by atoms with E-state index < -0.39 is 0 Å². The van der Waals surface area contributed by atoms with Crippen LogP contribution in [0.25, 0.3) is 0 Å². The van der Waals surface area contributed by atoms with Crippen molar-refractivity contribution >= 4 is 5.97 Å². The Bertz CT molecular complexity index is 833. The maximum atomic E-state index is 12.1. The molecule has 0 spiro atoms. The first-order valence-corrected chi connectivity index (χ1v) is 9.06. The average Bonchev–Trinajstić information content (AvgIpc) is 3.09. The van der Waals surface area contributed by atoms with Crippen molar-refractivity contribution in [3.63, 3.8) is 0 Å². The number of benzene rings is 2. The van der Waals surface area contributed by atoms with Gasteiger partial charge in [-0.2, -0.15) is 0 Å². The minimum absolute atomic E-state index is 0.218. The highest BCUT2D eigenvalue weighted by atomic mass is 16.5. The number of aryl methyl sites for hydroxylation is 1. The Morgan fingerprint density at radius 3 is 2.50 bits per heavy atom. The summed E-state index contributed by atoms with van der Waals surface area (Å²) in [6.07, 6.45) is 4.82. The highest BCUT2D eigenvalue weighted by Crippen LogP contribution is 2.15. The molecule has 26 heavy (non-hydrogen) atoms. The molecule has 0 radical (unpaired) electrons. The van der Waals surface area contributed by atoms with Gasteiger partial charge >= 0.3 is 5.97 Å². The van der Waals surface area contributed by atoms with Crippen LogP contribution in [-0.4, -0.2) is 5.97 Å². The monoisotopic (exact) mass is 348 g/mol. The van der Waals surface area contributed by atoms with Crippen LogP contribution in [0.2, 0.25) is 0 Å². The van der Waals surface area contributed by atoms with Gasteiger partial charge in [0.25, 0.3) is 0 Å². The van der Waals surface area contributed by atoms with Gasteiger partial charge < -0.3 is 9.15 Å². The first-order valence-electron chi connectivity index (χ1n) is 9.06. The van der Waals surface area contributed by atoms with E-state index in [0.717, 1.165) is 36.1 Å². The lowest BCUT2D eigenvalue weighted by Gasteiger charge is -2.05. The van der Waals surface area contributed by atoms with Crippen molar-refractivity contribution in [1.82, 2.24) is 0 Å². The van der Waals surface area contributed by atoms with E-state index in [1.807, 2.05) is 36.4 Å². The number of esters is 1. The van der Waals surface area contributed by atoms with Crippen LogP contribution in [0.4, 0.5) is 0 Å². The number of hydrogen-bond donors (Lipinski definition) is 0. The molecule has 1 heterocycles. The van der Waals surface area contributed by atoms with Gasteiger partial charge in [-0.15, -0.1) is 0 Å². The van der Waals surface area contributed by atoms with Gasteiger partial charge in [-0.3, -0.25) is 4.79 Å². The smallest absolute Gasteiger partial charge is 0.310 e. The Morgan fingerprint density at radius 1 is 0.923 bits per heavy atom. The third kappa shape index (κ3) is 5.35. The standard InChI is InChI=1S/C23H24O3/c1-2-7-18-10-6-11-20(12-18)15-23(24)26-17-21-14-22(25-16-21)13-19-8-4-3-5-9-19/h3-6,8-12,14,16H,2,7,13,15,17H2,1H3. The molecule has 0 aliphatic rings. The van der Waals surface area contributed by atoms with Gasteiger partial charge in [-0.05, 0) is 29.2 Å². The van der Waals surface area contributed by atoms with Crippen molar-refractivity contribution in [2.24, 2.45) is 0 Å². The highest BCUT2D eigenvalue weighted by molar-refractivity contribution is 5.72. The normalized spacial score (nSPS) is 10.7. The molecule has 0 N–H and O–H groups in total. The second-order valence-corrected chi connectivity index (χ2v) is 6.49. The predicted molar refractivity (Wildman–Crippen MR) is 102 cm³/mol. The molecule has 0 saturated carbocycles. The Balaban J connectivity index is 1.49. The summed E-state index contributed by atoms with van der Waals surface area (Å²) in [6, 6.07) is 20.2. The SMILES string of the molecule is CCCc1cccc(CC(=O)OCc2coc(Cc3ccccc3)c2)c1. The van der Waals surface area contributed by atoms with E-state index in [4.69, 9.17) is 9.15 Å². The lowest BCUT2D eigenvalue weighted by Crippen LogP contribution is -2.08. The fraction of sp³-hybridized carbons (Fsp3) is 0.261. The molecule has 3 rings (SSSR count). The van der Waals surface area contributed by atoms with Crippen LogP contribution >= 0.6 is 0 Å². The van der Waals surface area contributed by atoms with E-state index >= 15 is 0 Å². The van der Waals surface area contributed by atoms with Crippen LogP contribution in [0.1, 0.15) is 41.4 Å². The van der Waals surface area contributed by atoms with Crippen LogP contribution in [0, 0.1) is 0 Å². The maximum absolute atomic E-state index is 12.1. The molecule has 3 nitrogen and oxygen atoms in total. The molecule has 0 amide bonds. The predicted octanol–water partition coefficient (Wildman–Crippen LogP) is 5.11. The lowest BCUT2D eigenvalue weighted by molar-refractivity contribution is -0.144. The van der Waals surface area contributed by atoms with E-state index in [1.54, 1.807) is 6.26 Å². The van der Waals surface area contributed by atoms with Gasteiger partial charge in [0.15, 0.2) is 0 Å². The molecule has 3 heteroatoms. The van der Waals surface area contributed by atoms with Gasteiger partial charge in [0.1, 0.15) is 12.4 Å². The number of ether oxygens (including phenoxy) is 1. The Labute approximate surface area is 154 Å². The fourth-order valence-corrected chi connectivity index (χ4v) is 2.96. The van der Waals surface area contributed by atoms with Crippen molar-refractivity contribution in [2.75, 3.05) is 0 Å². The first-order chi connectivity index (χ1) is 12.7. The first kappa shape index (κ1) is 18.0. The van der Waals surface area contributed by atoms with Gasteiger partial charge in [0.05, 0.1) is 12.7 Å². The molecular formula is C23H24O3. The van der Waals surface area contributed by atoms with Gasteiger partial charge in [-0.25, -0.2) is 0 Å². The largest absolute Gasteiger partial charge is 0.469 e. The third-order valence-electron chi connectivity index (χ3n) is 4.21. The molecule has 0 unspecified atom stereocenters. The summed E-state index contributed by atoms with van der Waals surface area (Å²) >= 11 is 0. The van der Waals surface area contributed by atoms with Crippen molar-refractivity contribution in [3.05, 3.63) is 94.9 Å². The van der Waals surface area contributed by atoms with Crippen LogP contribution in [-0.2, 0) is 35.4 Å². The van der Waals surface area contributed by atoms with Crippen LogP contribution in [0.15, 0.2) is 71.3 Å². The topological polar surface area (TPSA) is 39.4 Å². The maximum Gasteiger partial charge on any atom is 0.310 e. The summed E-state index contributed by atoms with van der Waals surface area (Å²) in [5, 5.41) is 0. The number of rotatable bonds is 8. The molecule has 2 aromatic carbocycles. The second-order valence-electron chi connectivity index (χ2n) is 6.49. The summed E-state index contributed by atoms with van der Waals surface area (Å²) in [5.41, 5.74) is 4.33. The van der Waals surface area contributed by atoms with Crippen LogP contribution in [0.3, 0.4) is 0 Å². The molecule has 3 aromatic rings. The number of carbonyl (C=O) groups excluding carboxylic acids is 1. The Morgan fingerprint density at radius 2 is 1.69 bits per heavy atom. The molecule has 1 aromatic heterocycles. The molecule has 134 valence electrons. The zero-order valence-electron chi connectivity index (χ0n) is 15.1. The molecule has 0 aliphatic carbocycles. The Hall–Kier alpha value is -2.81. The van der Waals surface area contributed by atoms with Crippen LogP contribution in [0.5, 0.6) is 0 Å². The summed E-state index contributed by atoms with van der Waals surface area (Å²) in [4.78, 5) is 12.1. The second kappa shape index (κ2) is 9.04. The highest BCUT2D eigenvalue weighted by Gasteiger charge is 2.08. The molecule has 0 fully saturated rings. The van der Waals surface area contributed by atoms with Gasteiger partial charge in [-0.1, -0.05) is 67.9 Å². The van der Waals surface area contributed by atoms with Crippen molar-refractivity contribution in [1.29, 1.82) is 0 Å². The van der Waals surface area contributed by atoms with E-state index in [-0.39, 0.29) is 12.6 Å². The summed E-state index contributed by atoms with van der Waals surface area (Å²) in [5.74, 6) is 0.652. The lowest BCUT2D eigenvalue weighted by atomic mass is 10.1. The van der Waals surface area contributed by atoms with E-state index in [2.05, 4.69) is 31.2 Å². The number of hydrogen-bond acceptors (Lipinski definition) is 3. The van der Waals surface area contributed by atoms with Gasteiger partial charge in [0, 0.05) is 12.0 Å². The zero-order chi connectivity index (χ0) is 18.2.